The maximum absolute atomic E-state index is 13.6. The molecule has 3 aromatic carbocycles. The lowest BCUT2D eigenvalue weighted by Gasteiger charge is -2.31. The summed E-state index contributed by atoms with van der Waals surface area (Å²) in [5.74, 6) is 0.341. The number of hydrogen-bond acceptors (Lipinski definition) is 5. The molecule has 3 aromatic rings. The molecule has 1 unspecified atom stereocenters. The molecule has 2 amide bonds. The smallest absolute Gasteiger partial charge is 0.244 e. The number of benzene rings is 3. The largest absolute Gasteiger partial charge is 0.457 e. The van der Waals surface area contributed by atoms with E-state index in [1.807, 2.05) is 37.3 Å². The van der Waals surface area contributed by atoms with Crippen molar-refractivity contribution in [3.05, 3.63) is 89.4 Å². The second-order valence-corrected chi connectivity index (χ2v) is 11.5. The lowest BCUT2D eigenvalue weighted by Crippen LogP contribution is -2.51. The molecule has 0 aromatic heterocycles. The Morgan fingerprint density at radius 2 is 1.56 bits per heavy atom. The van der Waals surface area contributed by atoms with Crippen LogP contribution in [0.3, 0.4) is 0 Å². The predicted octanol–water partition coefficient (Wildman–Crippen LogP) is 5.23. The number of sulfonamides is 1. The quantitative estimate of drug-likeness (QED) is 0.283. The second kappa shape index (κ2) is 14.0. The molecular formula is C29H34ClN3O5S. The fraction of sp³-hybridized carbons (Fsp3) is 0.310. The van der Waals surface area contributed by atoms with Crippen LogP contribution in [0.5, 0.6) is 11.5 Å². The van der Waals surface area contributed by atoms with Crippen LogP contribution in [0.25, 0.3) is 0 Å². The van der Waals surface area contributed by atoms with Gasteiger partial charge in [-0.2, -0.15) is 0 Å². The van der Waals surface area contributed by atoms with E-state index in [2.05, 4.69) is 5.32 Å². The van der Waals surface area contributed by atoms with Gasteiger partial charge in [-0.25, -0.2) is 8.42 Å². The monoisotopic (exact) mass is 571 g/mol. The second-order valence-electron chi connectivity index (χ2n) is 9.15. The van der Waals surface area contributed by atoms with E-state index in [1.165, 1.54) is 4.90 Å². The van der Waals surface area contributed by atoms with Crippen LogP contribution in [-0.2, 0) is 26.2 Å². The standard InChI is InChI=1S/C29H34ClN3O5S/c1-4-5-19-31-29(35)22(2)32(20-23-11-13-24(30)14-12-23)28(34)21-33(39(3,36)37)25-15-17-27(18-16-25)38-26-9-7-6-8-10-26/h6-18,22H,4-5,19-21H2,1-3H3,(H,31,35). The predicted molar refractivity (Wildman–Crippen MR) is 155 cm³/mol. The highest BCUT2D eigenvalue weighted by Gasteiger charge is 2.30. The highest BCUT2D eigenvalue weighted by atomic mass is 35.5. The van der Waals surface area contributed by atoms with Crippen LogP contribution in [0.15, 0.2) is 78.9 Å². The summed E-state index contributed by atoms with van der Waals surface area (Å²) < 4.78 is 32.4. The van der Waals surface area contributed by atoms with E-state index in [-0.39, 0.29) is 12.5 Å². The van der Waals surface area contributed by atoms with Gasteiger partial charge in [0.05, 0.1) is 11.9 Å². The van der Waals surface area contributed by atoms with Crippen molar-refractivity contribution in [3.8, 4) is 11.5 Å². The number of para-hydroxylation sites is 1. The fourth-order valence-electron chi connectivity index (χ4n) is 3.82. The Morgan fingerprint density at radius 1 is 0.949 bits per heavy atom. The summed E-state index contributed by atoms with van der Waals surface area (Å²) >= 11 is 6.01. The summed E-state index contributed by atoms with van der Waals surface area (Å²) in [6, 6.07) is 21.7. The van der Waals surface area contributed by atoms with E-state index in [1.54, 1.807) is 55.5 Å². The number of halogens is 1. The van der Waals surface area contributed by atoms with Gasteiger partial charge in [-0.1, -0.05) is 55.3 Å². The van der Waals surface area contributed by atoms with Crippen molar-refractivity contribution in [3.63, 3.8) is 0 Å². The summed E-state index contributed by atoms with van der Waals surface area (Å²) in [7, 11) is -3.83. The van der Waals surface area contributed by atoms with E-state index in [9.17, 15) is 18.0 Å². The number of carbonyl (C=O) groups excluding carboxylic acids is 2. The Kier molecular flexibility index (Phi) is 10.8. The maximum atomic E-state index is 13.6. The van der Waals surface area contributed by atoms with Crippen molar-refractivity contribution in [2.24, 2.45) is 0 Å². The molecule has 8 nitrogen and oxygen atoms in total. The van der Waals surface area contributed by atoms with E-state index < -0.39 is 28.5 Å². The molecule has 0 aliphatic rings. The van der Waals surface area contributed by atoms with Crippen molar-refractivity contribution in [2.45, 2.75) is 39.3 Å². The zero-order valence-electron chi connectivity index (χ0n) is 22.3. The number of ether oxygens (including phenoxy) is 1. The molecule has 0 heterocycles. The molecule has 10 heteroatoms. The average molecular weight is 572 g/mol. The Bertz CT molecular complexity index is 1330. The number of carbonyl (C=O) groups is 2. The van der Waals surface area contributed by atoms with E-state index in [4.69, 9.17) is 16.3 Å². The van der Waals surface area contributed by atoms with Crippen LogP contribution in [0.1, 0.15) is 32.3 Å². The van der Waals surface area contributed by atoms with Gasteiger partial charge in [-0.05, 0) is 67.4 Å². The van der Waals surface area contributed by atoms with Crippen LogP contribution in [0, 0.1) is 0 Å². The minimum atomic E-state index is -3.83. The first kappa shape index (κ1) is 30.0. The van der Waals surface area contributed by atoms with Crippen LogP contribution in [0.2, 0.25) is 5.02 Å². The zero-order valence-corrected chi connectivity index (χ0v) is 23.9. The van der Waals surface area contributed by atoms with Gasteiger partial charge in [0.1, 0.15) is 24.1 Å². The molecule has 0 saturated carbocycles. The van der Waals surface area contributed by atoms with Crippen molar-refractivity contribution < 1.29 is 22.7 Å². The van der Waals surface area contributed by atoms with Crippen molar-refractivity contribution >= 4 is 39.1 Å². The average Bonchev–Trinajstić information content (AvgIpc) is 2.91. The van der Waals surface area contributed by atoms with Gasteiger partial charge in [0.2, 0.25) is 21.8 Å². The number of anilines is 1. The first-order chi connectivity index (χ1) is 18.6. The summed E-state index contributed by atoms with van der Waals surface area (Å²) in [5.41, 5.74) is 1.06. The van der Waals surface area contributed by atoms with Crippen LogP contribution in [-0.4, -0.2) is 50.5 Å². The molecule has 1 N–H and O–H groups in total. The topological polar surface area (TPSA) is 96.0 Å². The molecule has 208 valence electrons. The van der Waals surface area contributed by atoms with Crippen molar-refractivity contribution in [1.29, 1.82) is 0 Å². The Balaban J connectivity index is 1.83. The first-order valence-electron chi connectivity index (χ1n) is 12.7. The third-order valence-electron chi connectivity index (χ3n) is 6.05. The lowest BCUT2D eigenvalue weighted by molar-refractivity contribution is -0.139. The summed E-state index contributed by atoms with van der Waals surface area (Å²) in [4.78, 5) is 27.9. The van der Waals surface area contributed by atoms with Crippen molar-refractivity contribution in [1.82, 2.24) is 10.2 Å². The number of unbranched alkanes of at least 4 members (excludes halogenated alkanes) is 1. The molecule has 0 bridgehead atoms. The normalized spacial score (nSPS) is 11.9. The number of rotatable bonds is 13. The molecule has 3 rings (SSSR count). The Labute approximate surface area is 235 Å². The van der Waals surface area contributed by atoms with Gasteiger partial charge in [-0.15, -0.1) is 0 Å². The van der Waals surface area contributed by atoms with E-state index >= 15 is 0 Å². The molecule has 1 atom stereocenters. The van der Waals surface area contributed by atoms with Gasteiger partial charge in [-0.3, -0.25) is 13.9 Å². The van der Waals surface area contributed by atoms with E-state index in [0.29, 0.717) is 28.8 Å². The maximum Gasteiger partial charge on any atom is 0.244 e. The van der Waals surface area contributed by atoms with Gasteiger partial charge in [0.25, 0.3) is 0 Å². The van der Waals surface area contributed by atoms with Gasteiger partial charge < -0.3 is 15.0 Å². The number of nitrogens with one attached hydrogen (secondary N) is 1. The Morgan fingerprint density at radius 3 is 2.15 bits per heavy atom. The van der Waals surface area contributed by atoms with Crippen LogP contribution < -0.4 is 14.4 Å². The lowest BCUT2D eigenvalue weighted by atomic mass is 10.1. The number of hydrogen-bond donors (Lipinski definition) is 1. The minimum absolute atomic E-state index is 0.111. The molecule has 0 spiro atoms. The van der Waals surface area contributed by atoms with Gasteiger partial charge >= 0.3 is 0 Å². The summed E-state index contributed by atoms with van der Waals surface area (Å²) in [6.45, 7) is 3.79. The molecular weight excluding hydrogens is 538 g/mol. The minimum Gasteiger partial charge on any atom is -0.457 e. The van der Waals surface area contributed by atoms with Crippen LogP contribution in [0.4, 0.5) is 5.69 Å². The Hall–Kier alpha value is -3.56. The van der Waals surface area contributed by atoms with Crippen molar-refractivity contribution in [2.75, 3.05) is 23.7 Å². The first-order valence-corrected chi connectivity index (χ1v) is 14.9. The molecule has 0 fully saturated rings. The molecule has 0 radical (unpaired) electrons. The highest BCUT2D eigenvalue weighted by molar-refractivity contribution is 7.92. The third-order valence-corrected chi connectivity index (χ3v) is 7.44. The van der Waals surface area contributed by atoms with Gasteiger partial charge in [0, 0.05) is 18.1 Å². The van der Waals surface area contributed by atoms with Gasteiger partial charge in [0.15, 0.2) is 0 Å². The SMILES string of the molecule is CCCCNC(=O)C(C)N(Cc1ccc(Cl)cc1)C(=O)CN(c1ccc(Oc2ccccc2)cc1)S(C)(=O)=O. The molecule has 0 aliphatic heterocycles. The zero-order chi connectivity index (χ0) is 28.4. The summed E-state index contributed by atoms with van der Waals surface area (Å²) in [6.07, 6.45) is 2.77. The highest BCUT2D eigenvalue weighted by Crippen LogP contribution is 2.26. The number of amides is 2. The van der Waals surface area contributed by atoms with Crippen LogP contribution >= 0.6 is 11.6 Å². The molecule has 39 heavy (non-hydrogen) atoms. The fourth-order valence-corrected chi connectivity index (χ4v) is 4.80. The third kappa shape index (κ3) is 9.01. The summed E-state index contributed by atoms with van der Waals surface area (Å²) in [5, 5.41) is 3.40. The van der Waals surface area contributed by atoms with E-state index in [0.717, 1.165) is 29.0 Å². The number of nitrogens with zero attached hydrogens (tertiary/aromatic N) is 2. The molecule has 0 saturated heterocycles. The molecule has 0 aliphatic carbocycles.